The number of thiophene rings is 1. The number of nitrogens with one attached hydrogen (secondary N) is 3. The van der Waals surface area contributed by atoms with Gasteiger partial charge in [0.2, 0.25) is 11.8 Å². The average molecular weight is 461 g/mol. The topological polar surface area (TPSA) is 108 Å². The van der Waals surface area contributed by atoms with E-state index in [1.54, 1.807) is 6.07 Å². The first-order chi connectivity index (χ1) is 14.7. The number of benzene rings is 1. The third kappa shape index (κ3) is 4.15. The second-order valence-electron chi connectivity index (χ2n) is 7.69. The largest absolute Gasteiger partial charge is 0.334 e. The molecule has 3 N–H and O–H groups in total. The maximum absolute atomic E-state index is 12.8. The number of anilines is 1. The van der Waals surface area contributed by atoms with Crippen LogP contribution in [0.5, 0.6) is 0 Å². The molecule has 3 heterocycles. The summed E-state index contributed by atoms with van der Waals surface area (Å²) < 4.78 is 0. The molecule has 5 amide bonds. The molecule has 10 heteroatoms. The van der Waals surface area contributed by atoms with Gasteiger partial charge in [-0.05, 0) is 48.4 Å². The molecule has 1 atom stereocenters. The summed E-state index contributed by atoms with van der Waals surface area (Å²) in [6.45, 7) is 4.32. The highest BCUT2D eigenvalue weighted by Gasteiger charge is 2.40. The highest BCUT2D eigenvalue weighted by Crippen LogP contribution is 2.34. The van der Waals surface area contributed by atoms with E-state index in [-0.39, 0.29) is 37.4 Å². The Bertz CT molecular complexity index is 1110. The molecule has 31 heavy (non-hydrogen) atoms. The van der Waals surface area contributed by atoms with E-state index in [0.717, 1.165) is 22.3 Å². The molecule has 1 unspecified atom stereocenters. The Morgan fingerprint density at radius 1 is 1.26 bits per heavy atom. The van der Waals surface area contributed by atoms with Gasteiger partial charge < -0.3 is 15.5 Å². The minimum atomic E-state index is -0.650. The van der Waals surface area contributed by atoms with Crippen molar-refractivity contribution in [2.24, 2.45) is 0 Å². The van der Waals surface area contributed by atoms with Crippen molar-refractivity contribution in [1.29, 1.82) is 0 Å². The summed E-state index contributed by atoms with van der Waals surface area (Å²) in [6, 6.07) is 2.58. The number of fused-ring (bicyclic) bond motifs is 1. The number of carbonyl (C=O) groups excluding carboxylic acids is 4. The Labute approximate surface area is 187 Å². The number of halogens is 1. The van der Waals surface area contributed by atoms with Crippen LogP contribution in [-0.4, -0.2) is 34.7 Å². The molecule has 0 spiro atoms. The molecule has 0 saturated carbocycles. The van der Waals surface area contributed by atoms with Gasteiger partial charge in [0.15, 0.2) is 0 Å². The molecular formula is C21H21ClN4O4S. The summed E-state index contributed by atoms with van der Waals surface area (Å²) >= 11 is 7.45. The molecule has 4 rings (SSSR count). The van der Waals surface area contributed by atoms with Crippen molar-refractivity contribution in [2.45, 2.75) is 45.8 Å². The normalized spacial score (nSPS) is 18.1. The maximum Gasteiger partial charge on any atom is 0.319 e. The molecule has 0 aliphatic carbocycles. The molecule has 2 aliphatic heterocycles. The lowest BCUT2D eigenvalue weighted by Gasteiger charge is -2.29. The Kier molecular flexibility index (Phi) is 5.72. The van der Waals surface area contributed by atoms with Crippen molar-refractivity contribution in [3.63, 3.8) is 0 Å². The molecule has 0 bridgehead atoms. The zero-order chi connectivity index (χ0) is 22.3. The summed E-state index contributed by atoms with van der Waals surface area (Å²) in [5.41, 5.74) is 4.11. The summed E-state index contributed by atoms with van der Waals surface area (Å²) in [7, 11) is 0. The van der Waals surface area contributed by atoms with Gasteiger partial charge in [-0.15, -0.1) is 11.3 Å². The summed E-state index contributed by atoms with van der Waals surface area (Å²) in [6.07, 6.45) is 0.532. The minimum Gasteiger partial charge on any atom is -0.334 e. The van der Waals surface area contributed by atoms with Crippen molar-refractivity contribution >= 4 is 52.4 Å². The van der Waals surface area contributed by atoms with E-state index in [0.29, 0.717) is 22.0 Å². The molecule has 2 aromatic rings. The summed E-state index contributed by atoms with van der Waals surface area (Å²) in [4.78, 5) is 50.8. The monoisotopic (exact) mass is 460 g/mol. The second-order valence-corrected chi connectivity index (χ2v) is 8.98. The van der Waals surface area contributed by atoms with Gasteiger partial charge in [-0.3, -0.25) is 19.7 Å². The first-order valence-electron chi connectivity index (χ1n) is 9.80. The molecule has 162 valence electrons. The maximum atomic E-state index is 12.8. The molecular weight excluding hydrogens is 440 g/mol. The number of imide groups is 1. The lowest BCUT2D eigenvalue weighted by Crippen LogP contribution is -2.52. The van der Waals surface area contributed by atoms with Gasteiger partial charge in [-0.1, -0.05) is 17.7 Å². The van der Waals surface area contributed by atoms with E-state index in [2.05, 4.69) is 16.0 Å². The Morgan fingerprint density at radius 2 is 2.03 bits per heavy atom. The number of rotatable bonds is 4. The Balaban J connectivity index is 1.40. The number of carbonyl (C=O) groups is 4. The van der Waals surface area contributed by atoms with E-state index in [4.69, 9.17) is 11.6 Å². The van der Waals surface area contributed by atoms with Crippen LogP contribution in [0, 0.1) is 13.8 Å². The number of piperidine rings is 1. The highest BCUT2D eigenvalue weighted by molar-refractivity contribution is 7.12. The van der Waals surface area contributed by atoms with Crippen LogP contribution in [0.2, 0.25) is 5.02 Å². The van der Waals surface area contributed by atoms with Gasteiger partial charge in [0.1, 0.15) is 6.04 Å². The van der Waals surface area contributed by atoms with E-state index >= 15 is 0 Å². The molecule has 2 aliphatic rings. The highest BCUT2D eigenvalue weighted by atomic mass is 35.5. The van der Waals surface area contributed by atoms with E-state index < -0.39 is 11.9 Å². The van der Waals surface area contributed by atoms with Crippen LogP contribution in [0.4, 0.5) is 10.5 Å². The van der Waals surface area contributed by atoms with Crippen LogP contribution in [0.1, 0.15) is 44.8 Å². The SMILES string of the molecule is Cc1cc(C)c(NC(=O)NCc2csc3c2CN(C2CCC(=O)NC2=O)C3=O)cc1Cl. The molecule has 1 fully saturated rings. The summed E-state index contributed by atoms with van der Waals surface area (Å²) in [5.74, 6) is -0.968. The van der Waals surface area contributed by atoms with Gasteiger partial charge in [-0.25, -0.2) is 4.79 Å². The van der Waals surface area contributed by atoms with E-state index in [9.17, 15) is 19.2 Å². The van der Waals surface area contributed by atoms with Gasteiger partial charge in [-0.2, -0.15) is 0 Å². The third-order valence-corrected chi connectivity index (χ3v) is 7.01. The van der Waals surface area contributed by atoms with Crippen LogP contribution < -0.4 is 16.0 Å². The predicted molar refractivity (Wildman–Crippen MR) is 117 cm³/mol. The smallest absolute Gasteiger partial charge is 0.319 e. The molecule has 1 aromatic heterocycles. The summed E-state index contributed by atoms with van der Waals surface area (Å²) in [5, 5.41) is 10.3. The molecule has 8 nitrogen and oxygen atoms in total. The van der Waals surface area contributed by atoms with Gasteiger partial charge >= 0.3 is 6.03 Å². The fraction of sp³-hybridized carbons (Fsp3) is 0.333. The Morgan fingerprint density at radius 3 is 2.77 bits per heavy atom. The van der Waals surface area contributed by atoms with E-state index in [1.807, 2.05) is 25.3 Å². The predicted octanol–water partition coefficient (Wildman–Crippen LogP) is 3.10. The minimum absolute atomic E-state index is 0.213. The van der Waals surface area contributed by atoms with E-state index in [1.165, 1.54) is 16.2 Å². The van der Waals surface area contributed by atoms with Crippen LogP contribution in [0.25, 0.3) is 0 Å². The number of nitrogens with zero attached hydrogens (tertiary/aromatic N) is 1. The Hall–Kier alpha value is -2.91. The first-order valence-corrected chi connectivity index (χ1v) is 11.1. The number of aryl methyl sites for hydroxylation is 2. The second kappa shape index (κ2) is 8.32. The van der Waals surface area contributed by atoms with Crippen molar-refractivity contribution in [1.82, 2.24) is 15.5 Å². The number of urea groups is 1. The van der Waals surface area contributed by atoms with Crippen molar-refractivity contribution < 1.29 is 19.2 Å². The molecule has 1 aromatic carbocycles. The van der Waals surface area contributed by atoms with Crippen LogP contribution in [0.15, 0.2) is 17.5 Å². The van der Waals surface area contributed by atoms with Gasteiger partial charge in [0.05, 0.1) is 4.88 Å². The number of hydrogen-bond acceptors (Lipinski definition) is 5. The average Bonchev–Trinajstić information content (AvgIpc) is 3.25. The van der Waals surface area contributed by atoms with Crippen molar-refractivity contribution in [3.8, 4) is 0 Å². The lowest BCUT2D eigenvalue weighted by atomic mass is 10.0. The fourth-order valence-corrected chi connectivity index (χ4v) is 5.03. The fourth-order valence-electron chi connectivity index (χ4n) is 3.83. The quantitative estimate of drug-likeness (QED) is 0.609. The van der Waals surface area contributed by atoms with Crippen LogP contribution >= 0.6 is 22.9 Å². The number of amides is 5. The van der Waals surface area contributed by atoms with Gasteiger partial charge in [0.25, 0.3) is 5.91 Å². The first kappa shape index (κ1) is 21.3. The molecule has 1 saturated heterocycles. The van der Waals surface area contributed by atoms with Crippen molar-refractivity contribution in [3.05, 3.63) is 49.7 Å². The van der Waals surface area contributed by atoms with Crippen molar-refractivity contribution in [2.75, 3.05) is 5.32 Å². The number of hydrogen-bond donors (Lipinski definition) is 3. The van der Waals surface area contributed by atoms with Gasteiger partial charge in [0, 0.05) is 35.8 Å². The van der Waals surface area contributed by atoms with Crippen LogP contribution in [-0.2, 0) is 22.7 Å². The van der Waals surface area contributed by atoms with Crippen LogP contribution in [0.3, 0.4) is 0 Å². The third-order valence-electron chi connectivity index (χ3n) is 5.54. The zero-order valence-electron chi connectivity index (χ0n) is 17.0. The lowest BCUT2D eigenvalue weighted by molar-refractivity contribution is -0.136. The standard InChI is InChI=1S/C21H21ClN4O4S/c1-10-5-11(2)15(6-14(10)22)24-21(30)23-7-12-9-31-18-13(12)8-26(20(18)29)16-3-4-17(27)25-19(16)28/h5-6,9,16H,3-4,7-8H2,1-2H3,(H2,23,24,30)(H,25,27,28). The molecule has 0 radical (unpaired) electrons. The zero-order valence-corrected chi connectivity index (χ0v) is 18.6.